The largest absolute Gasteiger partial charge is 0.337 e. The number of benzene rings is 1. The summed E-state index contributed by atoms with van der Waals surface area (Å²) in [6.45, 7) is 1.05. The van der Waals surface area contributed by atoms with E-state index in [2.05, 4.69) is 11.8 Å². The molecule has 106 valence electrons. The number of carbonyl (C=O) groups is 1. The van der Waals surface area contributed by atoms with Crippen molar-refractivity contribution in [2.24, 2.45) is 5.73 Å². The van der Waals surface area contributed by atoms with Gasteiger partial charge in [0.2, 0.25) is 0 Å². The Morgan fingerprint density at radius 1 is 1.40 bits per heavy atom. The van der Waals surface area contributed by atoms with E-state index < -0.39 is 16.6 Å². The van der Waals surface area contributed by atoms with Crippen LogP contribution < -0.4 is 5.73 Å². The van der Waals surface area contributed by atoms with Gasteiger partial charge in [0.05, 0.1) is 12.1 Å². The van der Waals surface area contributed by atoms with Crippen LogP contribution in [-0.4, -0.2) is 46.2 Å². The molecule has 2 N–H and O–H groups in total. The van der Waals surface area contributed by atoms with Crippen LogP contribution in [0.2, 0.25) is 0 Å². The molecular weight excluding hydrogens is 279 g/mol. The smallest absolute Gasteiger partial charge is 0.255 e. The van der Waals surface area contributed by atoms with E-state index in [9.17, 15) is 13.4 Å². The molecule has 0 bridgehead atoms. The maximum absolute atomic E-state index is 13.3. The number of amides is 1. The maximum atomic E-state index is 13.3. The van der Waals surface area contributed by atoms with Crippen molar-refractivity contribution in [3.05, 3.63) is 35.1 Å². The first-order valence-corrected chi connectivity index (χ1v) is 7.73. The summed E-state index contributed by atoms with van der Waals surface area (Å²) >= 11 is 0. The third-order valence-corrected chi connectivity index (χ3v) is 4.28. The molecule has 1 heterocycles. The van der Waals surface area contributed by atoms with E-state index >= 15 is 0 Å². The van der Waals surface area contributed by atoms with Crippen LogP contribution in [0.3, 0.4) is 0 Å². The first-order valence-electron chi connectivity index (χ1n) is 6.24. The zero-order valence-electron chi connectivity index (χ0n) is 10.9. The van der Waals surface area contributed by atoms with Gasteiger partial charge in [0.15, 0.2) is 0 Å². The third-order valence-electron chi connectivity index (χ3n) is 3.00. The van der Waals surface area contributed by atoms with Gasteiger partial charge in [0.1, 0.15) is 5.82 Å². The van der Waals surface area contributed by atoms with Crippen molar-refractivity contribution in [3.8, 4) is 11.8 Å². The van der Waals surface area contributed by atoms with Crippen LogP contribution in [0, 0.1) is 17.7 Å². The van der Waals surface area contributed by atoms with E-state index in [4.69, 9.17) is 5.73 Å². The molecule has 1 saturated heterocycles. The number of hydrogen-bond acceptors (Lipinski definition) is 3. The van der Waals surface area contributed by atoms with Crippen molar-refractivity contribution in [2.45, 2.75) is 0 Å². The predicted molar refractivity (Wildman–Crippen MR) is 76.1 cm³/mol. The molecule has 0 unspecified atom stereocenters. The fourth-order valence-corrected chi connectivity index (χ4v) is 3.02. The van der Waals surface area contributed by atoms with Crippen LogP contribution in [0.25, 0.3) is 0 Å². The molecule has 0 radical (unpaired) electrons. The molecule has 1 fully saturated rings. The summed E-state index contributed by atoms with van der Waals surface area (Å²) < 4.78 is 24.6. The maximum Gasteiger partial charge on any atom is 0.255 e. The lowest BCUT2D eigenvalue weighted by Gasteiger charge is -2.26. The fraction of sp³-hybridized carbons (Fsp3) is 0.357. The first kappa shape index (κ1) is 14.7. The van der Waals surface area contributed by atoms with Crippen molar-refractivity contribution in [1.29, 1.82) is 0 Å². The van der Waals surface area contributed by atoms with Crippen molar-refractivity contribution in [3.63, 3.8) is 0 Å². The number of rotatable bonds is 1. The van der Waals surface area contributed by atoms with Gasteiger partial charge in [-0.15, -0.1) is 0 Å². The summed E-state index contributed by atoms with van der Waals surface area (Å²) in [6, 6.07) is 3.91. The summed E-state index contributed by atoms with van der Waals surface area (Å²) in [5.74, 6) is 5.67. The highest BCUT2D eigenvalue weighted by Crippen LogP contribution is 2.14. The van der Waals surface area contributed by atoms with Gasteiger partial charge in [0.25, 0.3) is 5.91 Å². The monoisotopic (exact) mass is 294 g/mol. The highest BCUT2D eigenvalue weighted by Gasteiger charge is 2.23. The summed E-state index contributed by atoms with van der Waals surface area (Å²) in [4.78, 5) is 14.0. The Kier molecular flexibility index (Phi) is 4.88. The highest BCUT2D eigenvalue weighted by atomic mass is 32.2. The number of halogens is 1. The van der Waals surface area contributed by atoms with Gasteiger partial charge in [-0.1, -0.05) is 11.8 Å². The molecule has 1 aromatic rings. The van der Waals surface area contributed by atoms with E-state index in [1.807, 2.05) is 0 Å². The molecular formula is C14H15FN2O2S. The summed E-state index contributed by atoms with van der Waals surface area (Å²) in [6.07, 6.45) is 0. The Bertz CT molecular complexity index is 597. The average molecular weight is 294 g/mol. The minimum Gasteiger partial charge on any atom is -0.337 e. The molecule has 1 aromatic carbocycles. The SMILES string of the molecule is NCC#Cc1cc(F)ccc1C(=O)N1CCS(=O)CC1. The lowest BCUT2D eigenvalue weighted by atomic mass is 10.1. The first-order chi connectivity index (χ1) is 9.61. The Hall–Kier alpha value is -1.71. The fourth-order valence-electron chi connectivity index (χ4n) is 1.96. The van der Waals surface area contributed by atoms with Crippen LogP contribution in [-0.2, 0) is 10.8 Å². The molecule has 0 aliphatic carbocycles. The van der Waals surface area contributed by atoms with Crippen molar-refractivity contribution in [1.82, 2.24) is 4.90 Å². The Labute approximate surface area is 119 Å². The van der Waals surface area contributed by atoms with E-state index in [-0.39, 0.29) is 12.5 Å². The van der Waals surface area contributed by atoms with Gasteiger partial charge in [0, 0.05) is 41.0 Å². The molecule has 0 saturated carbocycles. The molecule has 0 atom stereocenters. The van der Waals surface area contributed by atoms with Crippen LogP contribution in [0.1, 0.15) is 15.9 Å². The van der Waals surface area contributed by atoms with E-state index in [0.29, 0.717) is 35.7 Å². The minimum atomic E-state index is -0.846. The zero-order valence-corrected chi connectivity index (χ0v) is 11.7. The lowest BCUT2D eigenvalue weighted by molar-refractivity contribution is 0.0771. The molecule has 4 nitrogen and oxygen atoms in total. The second-order valence-electron chi connectivity index (χ2n) is 4.34. The molecule has 1 aliphatic heterocycles. The van der Waals surface area contributed by atoms with Gasteiger partial charge in [-0.25, -0.2) is 4.39 Å². The molecule has 0 spiro atoms. The number of nitrogens with zero attached hydrogens (tertiary/aromatic N) is 1. The Morgan fingerprint density at radius 3 is 2.75 bits per heavy atom. The number of carbonyl (C=O) groups excluding carboxylic acids is 1. The predicted octanol–water partition coefficient (Wildman–Crippen LogP) is 0.340. The van der Waals surface area contributed by atoms with E-state index in [0.717, 1.165) is 0 Å². The molecule has 2 rings (SSSR count). The van der Waals surface area contributed by atoms with Crippen molar-refractivity contribution >= 4 is 16.7 Å². The van der Waals surface area contributed by atoms with Crippen LogP contribution >= 0.6 is 0 Å². The quantitative estimate of drug-likeness (QED) is 0.760. The molecule has 20 heavy (non-hydrogen) atoms. The molecule has 6 heteroatoms. The van der Waals surface area contributed by atoms with Crippen LogP contribution in [0.15, 0.2) is 18.2 Å². The lowest BCUT2D eigenvalue weighted by Crippen LogP contribution is -2.42. The van der Waals surface area contributed by atoms with Crippen molar-refractivity contribution in [2.75, 3.05) is 31.1 Å². The topological polar surface area (TPSA) is 63.4 Å². The normalized spacial score (nSPS) is 15.6. The van der Waals surface area contributed by atoms with Crippen LogP contribution in [0.4, 0.5) is 4.39 Å². The van der Waals surface area contributed by atoms with Crippen LogP contribution in [0.5, 0.6) is 0 Å². The number of hydrogen-bond donors (Lipinski definition) is 1. The van der Waals surface area contributed by atoms with E-state index in [1.165, 1.54) is 18.2 Å². The third kappa shape index (κ3) is 3.44. The molecule has 1 amide bonds. The van der Waals surface area contributed by atoms with Gasteiger partial charge in [-0.05, 0) is 18.2 Å². The summed E-state index contributed by atoms with van der Waals surface area (Å²) in [5.41, 5.74) is 6.00. The van der Waals surface area contributed by atoms with Crippen molar-refractivity contribution < 1.29 is 13.4 Å². The summed E-state index contributed by atoms with van der Waals surface area (Å²) in [7, 11) is -0.846. The van der Waals surface area contributed by atoms with Gasteiger partial charge in [-0.3, -0.25) is 9.00 Å². The Morgan fingerprint density at radius 2 is 2.10 bits per heavy atom. The van der Waals surface area contributed by atoms with Gasteiger partial charge in [-0.2, -0.15) is 0 Å². The number of nitrogens with two attached hydrogens (primary N) is 1. The second kappa shape index (κ2) is 6.64. The molecule has 1 aliphatic rings. The van der Waals surface area contributed by atoms with E-state index in [1.54, 1.807) is 4.90 Å². The standard InChI is InChI=1S/C14H15FN2O2S/c15-12-3-4-13(11(10-12)2-1-5-16)14(18)17-6-8-20(19)9-7-17/h3-4,10H,5-9,16H2. The Balaban J connectivity index is 2.27. The highest BCUT2D eigenvalue weighted by molar-refractivity contribution is 7.85. The average Bonchev–Trinajstić information content (AvgIpc) is 2.45. The zero-order chi connectivity index (χ0) is 14.5. The van der Waals surface area contributed by atoms with Gasteiger partial charge < -0.3 is 10.6 Å². The second-order valence-corrected chi connectivity index (χ2v) is 6.03. The summed E-state index contributed by atoms with van der Waals surface area (Å²) in [5, 5.41) is 0. The molecule has 0 aromatic heterocycles. The minimum absolute atomic E-state index is 0.146. The van der Waals surface area contributed by atoms with Gasteiger partial charge >= 0.3 is 0 Å².